The van der Waals surface area contributed by atoms with Crippen molar-refractivity contribution in [1.82, 2.24) is 9.88 Å². The summed E-state index contributed by atoms with van der Waals surface area (Å²) in [5.74, 6) is 0. The third kappa shape index (κ3) is 4.79. The molecule has 116 valence electrons. The quantitative estimate of drug-likeness (QED) is 0.846. The Hall–Kier alpha value is -0.920. The van der Waals surface area contributed by atoms with Crippen molar-refractivity contribution in [3.63, 3.8) is 0 Å². The lowest BCUT2D eigenvalue weighted by atomic mass is 9.91. The van der Waals surface area contributed by atoms with E-state index in [0.29, 0.717) is 6.42 Å². The normalized spacial score (nSPS) is 17.4. The Bertz CT molecular complexity index is 485. The molecular weight excluding hydrogens is 278 g/mol. The molecule has 0 aliphatic carbocycles. The van der Waals surface area contributed by atoms with Gasteiger partial charge in [-0.25, -0.2) is 4.98 Å². The highest BCUT2D eigenvalue weighted by Crippen LogP contribution is 2.30. The average Bonchev–Trinajstić information content (AvgIpc) is 2.66. The van der Waals surface area contributed by atoms with E-state index < -0.39 is 0 Å². The van der Waals surface area contributed by atoms with Crippen molar-refractivity contribution in [2.45, 2.75) is 64.7 Å². The Labute approximate surface area is 133 Å². The number of rotatable bonds is 4. The van der Waals surface area contributed by atoms with Crippen LogP contribution in [0, 0.1) is 11.3 Å². The van der Waals surface area contributed by atoms with E-state index in [2.05, 4.69) is 31.7 Å². The third-order valence-corrected chi connectivity index (χ3v) is 5.15. The maximum atomic E-state index is 9.00. The summed E-state index contributed by atoms with van der Waals surface area (Å²) in [6, 6.07) is 2.28. The molecule has 4 heteroatoms. The number of nitrogens with zero attached hydrogens (tertiary/aromatic N) is 3. The lowest BCUT2D eigenvalue weighted by Gasteiger charge is -2.19. The highest BCUT2D eigenvalue weighted by Gasteiger charge is 2.23. The Balaban J connectivity index is 2.01. The summed E-state index contributed by atoms with van der Waals surface area (Å²) in [5.41, 5.74) is 1.16. The predicted molar refractivity (Wildman–Crippen MR) is 88.7 cm³/mol. The molecule has 0 amide bonds. The smallest absolute Gasteiger partial charge is 0.0944 e. The molecule has 0 bridgehead atoms. The van der Waals surface area contributed by atoms with Crippen LogP contribution in [0.25, 0.3) is 0 Å². The van der Waals surface area contributed by atoms with Crippen molar-refractivity contribution < 1.29 is 0 Å². The summed E-state index contributed by atoms with van der Waals surface area (Å²) >= 11 is 1.74. The molecule has 0 aromatic carbocycles. The van der Waals surface area contributed by atoms with Crippen molar-refractivity contribution in [3.8, 4) is 6.07 Å². The maximum absolute atomic E-state index is 9.00. The van der Waals surface area contributed by atoms with E-state index in [1.807, 2.05) is 0 Å². The Morgan fingerprint density at radius 3 is 2.43 bits per heavy atom. The number of hydrogen-bond donors (Lipinski definition) is 0. The van der Waals surface area contributed by atoms with E-state index >= 15 is 0 Å². The molecule has 3 nitrogen and oxygen atoms in total. The second kappa shape index (κ2) is 7.38. The van der Waals surface area contributed by atoms with E-state index in [1.54, 1.807) is 11.3 Å². The largest absolute Gasteiger partial charge is 0.303 e. The Morgan fingerprint density at radius 2 is 1.86 bits per heavy atom. The van der Waals surface area contributed by atoms with Gasteiger partial charge in [-0.2, -0.15) is 5.26 Å². The van der Waals surface area contributed by atoms with E-state index in [4.69, 9.17) is 10.2 Å². The summed E-state index contributed by atoms with van der Waals surface area (Å²) in [7, 11) is 0. The lowest BCUT2D eigenvalue weighted by Crippen LogP contribution is -2.27. The van der Waals surface area contributed by atoms with Crippen LogP contribution in [0.5, 0.6) is 0 Å². The van der Waals surface area contributed by atoms with Crippen molar-refractivity contribution in [2.24, 2.45) is 0 Å². The zero-order valence-corrected chi connectivity index (χ0v) is 14.4. The van der Waals surface area contributed by atoms with Gasteiger partial charge in [-0.3, -0.25) is 0 Å². The summed E-state index contributed by atoms with van der Waals surface area (Å²) in [4.78, 5) is 8.59. The summed E-state index contributed by atoms with van der Waals surface area (Å²) in [6.07, 6.45) is 6.96. The molecule has 0 saturated carbocycles. The van der Waals surface area contributed by atoms with Crippen LogP contribution >= 0.6 is 11.3 Å². The summed E-state index contributed by atoms with van der Waals surface area (Å²) in [5, 5.41) is 10.2. The van der Waals surface area contributed by atoms with Gasteiger partial charge in [-0.15, -0.1) is 11.3 Å². The van der Waals surface area contributed by atoms with Crippen LogP contribution in [0.3, 0.4) is 0 Å². The number of nitriles is 1. The number of thiazole rings is 1. The molecule has 1 aliphatic rings. The summed E-state index contributed by atoms with van der Waals surface area (Å²) < 4.78 is 0. The van der Waals surface area contributed by atoms with Gasteiger partial charge in [0.05, 0.1) is 23.2 Å². The van der Waals surface area contributed by atoms with Crippen LogP contribution in [-0.2, 0) is 18.3 Å². The second-order valence-electron chi connectivity index (χ2n) is 6.97. The first-order valence-corrected chi connectivity index (χ1v) is 8.90. The van der Waals surface area contributed by atoms with Crippen LogP contribution < -0.4 is 0 Å². The van der Waals surface area contributed by atoms with Gasteiger partial charge in [0.1, 0.15) is 0 Å². The first kappa shape index (κ1) is 16.5. The van der Waals surface area contributed by atoms with Gasteiger partial charge in [-0.1, -0.05) is 33.6 Å². The van der Waals surface area contributed by atoms with E-state index in [-0.39, 0.29) is 5.41 Å². The van der Waals surface area contributed by atoms with Gasteiger partial charge in [-0.05, 0) is 25.9 Å². The molecule has 1 aromatic rings. The topological polar surface area (TPSA) is 39.9 Å². The van der Waals surface area contributed by atoms with Crippen LogP contribution in [0.15, 0.2) is 0 Å². The molecule has 0 unspecified atom stereocenters. The molecule has 2 rings (SSSR count). The van der Waals surface area contributed by atoms with Gasteiger partial charge in [0.15, 0.2) is 0 Å². The Morgan fingerprint density at radius 1 is 1.19 bits per heavy atom. The van der Waals surface area contributed by atoms with E-state index in [0.717, 1.165) is 23.5 Å². The highest BCUT2D eigenvalue weighted by molar-refractivity contribution is 7.11. The third-order valence-electron chi connectivity index (χ3n) is 4.03. The van der Waals surface area contributed by atoms with Crippen LogP contribution in [0.2, 0.25) is 0 Å². The Kier molecular flexibility index (Phi) is 5.78. The first-order valence-electron chi connectivity index (χ1n) is 8.09. The number of hydrogen-bond acceptors (Lipinski definition) is 4. The minimum absolute atomic E-state index is 0.0313. The standard InChI is InChI=1S/C17H27N3S/c1-17(2,3)16-14(8-10-18)21-15(19-16)9-13-20-11-6-4-5-7-12-20/h4-9,11-13H2,1-3H3. The maximum Gasteiger partial charge on any atom is 0.0944 e. The zero-order chi connectivity index (χ0) is 15.3. The first-order chi connectivity index (χ1) is 10.0. The van der Waals surface area contributed by atoms with Gasteiger partial charge >= 0.3 is 0 Å². The fraction of sp³-hybridized carbons (Fsp3) is 0.765. The van der Waals surface area contributed by atoms with E-state index in [9.17, 15) is 0 Å². The van der Waals surface area contributed by atoms with E-state index in [1.165, 1.54) is 43.8 Å². The van der Waals surface area contributed by atoms with Crippen LogP contribution in [0.4, 0.5) is 0 Å². The van der Waals surface area contributed by atoms with Gasteiger partial charge in [0, 0.05) is 23.3 Å². The van der Waals surface area contributed by atoms with Gasteiger partial charge < -0.3 is 4.90 Å². The molecule has 0 atom stereocenters. The molecular formula is C17H27N3S. The molecule has 1 saturated heterocycles. The zero-order valence-electron chi connectivity index (χ0n) is 13.6. The van der Waals surface area contributed by atoms with Gasteiger partial charge in [0.25, 0.3) is 0 Å². The summed E-state index contributed by atoms with van der Waals surface area (Å²) in [6.45, 7) is 10.1. The number of aromatic nitrogens is 1. The molecule has 0 radical (unpaired) electrons. The molecule has 2 heterocycles. The van der Waals surface area contributed by atoms with Crippen molar-refractivity contribution in [1.29, 1.82) is 5.26 Å². The molecule has 0 N–H and O–H groups in total. The predicted octanol–water partition coefficient (Wildman–Crippen LogP) is 3.93. The fourth-order valence-corrected chi connectivity index (χ4v) is 4.10. The fourth-order valence-electron chi connectivity index (χ4n) is 2.90. The van der Waals surface area contributed by atoms with Crippen LogP contribution in [-0.4, -0.2) is 29.5 Å². The monoisotopic (exact) mass is 305 g/mol. The van der Waals surface area contributed by atoms with Crippen molar-refractivity contribution >= 4 is 11.3 Å². The van der Waals surface area contributed by atoms with Crippen LogP contribution in [0.1, 0.15) is 62.0 Å². The number of likely N-dealkylation sites (tertiary alicyclic amines) is 1. The molecule has 21 heavy (non-hydrogen) atoms. The average molecular weight is 305 g/mol. The second-order valence-corrected chi connectivity index (χ2v) is 8.14. The minimum Gasteiger partial charge on any atom is -0.303 e. The minimum atomic E-state index is 0.0313. The molecule has 1 aliphatic heterocycles. The van der Waals surface area contributed by atoms with Gasteiger partial charge in [0.2, 0.25) is 0 Å². The molecule has 0 spiro atoms. The van der Waals surface area contributed by atoms with Crippen molar-refractivity contribution in [3.05, 3.63) is 15.6 Å². The van der Waals surface area contributed by atoms with Crippen molar-refractivity contribution in [2.75, 3.05) is 19.6 Å². The molecule has 1 aromatic heterocycles. The molecule has 1 fully saturated rings. The highest BCUT2D eigenvalue weighted by atomic mass is 32.1. The SMILES string of the molecule is CC(C)(C)c1nc(CCN2CCCCCC2)sc1CC#N. The lowest BCUT2D eigenvalue weighted by molar-refractivity contribution is 0.288.